The Hall–Kier alpha value is -2.07. The molecule has 19 heavy (non-hydrogen) atoms. The molecule has 0 saturated heterocycles. The number of nitrogen functional groups attached to an aromatic ring is 1. The first-order valence-corrected chi connectivity index (χ1v) is 6.19. The molecule has 0 aliphatic heterocycles. The maximum Gasteiger partial charge on any atom is 0.126 e. The molecule has 1 atom stereocenters. The monoisotopic (exact) mass is 258 g/mol. The van der Waals surface area contributed by atoms with Gasteiger partial charge in [0.2, 0.25) is 0 Å². The van der Waals surface area contributed by atoms with Crippen LogP contribution in [0.15, 0.2) is 42.6 Å². The minimum Gasteiger partial charge on any atom is -0.497 e. The normalized spacial score (nSPS) is 12.1. The standard InChI is InChI=1S/C15H18N2O2/c1-19-14-6-2-4-11(9-14)8-13(18)10-12-5-3-7-17-15(12)16/h2-7,9,13,18H,8,10H2,1H3,(H2,16,17). The Labute approximate surface area is 112 Å². The summed E-state index contributed by atoms with van der Waals surface area (Å²) in [6, 6.07) is 11.4. The molecule has 0 bridgehead atoms. The molecular formula is C15H18N2O2. The lowest BCUT2D eigenvalue weighted by molar-refractivity contribution is 0.175. The number of methoxy groups -OCH3 is 1. The third-order valence-corrected chi connectivity index (χ3v) is 2.99. The Bertz CT molecular complexity index is 543. The second-order valence-electron chi connectivity index (χ2n) is 4.46. The van der Waals surface area contributed by atoms with Crippen molar-refractivity contribution in [2.75, 3.05) is 12.8 Å². The van der Waals surface area contributed by atoms with Gasteiger partial charge < -0.3 is 15.6 Å². The first-order chi connectivity index (χ1) is 9.19. The molecule has 0 saturated carbocycles. The number of nitrogens with zero attached hydrogens (tertiary/aromatic N) is 1. The number of benzene rings is 1. The average molecular weight is 258 g/mol. The fraction of sp³-hybridized carbons (Fsp3) is 0.267. The van der Waals surface area contributed by atoms with Crippen molar-refractivity contribution in [1.29, 1.82) is 0 Å². The molecule has 0 radical (unpaired) electrons. The van der Waals surface area contributed by atoms with E-state index < -0.39 is 6.10 Å². The summed E-state index contributed by atoms with van der Waals surface area (Å²) in [5.41, 5.74) is 7.68. The van der Waals surface area contributed by atoms with Crippen molar-refractivity contribution < 1.29 is 9.84 Å². The van der Waals surface area contributed by atoms with Crippen molar-refractivity contribution in [2.24, 2.45) is 0 Å². The second kappa shape index (κ2) is 6.20. The molecule has 4 nitrogen and oxygen atoms in total. The van der Waals surface area contributed by atoms with E-state index in [0.29, 0.717) is 18.7 Å². The van der Waals surface area contributed by atoms with Gasteiger partial charge in [-0.1, -0.05) is 18.2 Å². The maximum absolute atomic E-state index is 10.1. The van der Waals surface area contributed by atoms with E-state index in [4.69, 9.17) is 10.5 Å². The lowest BCUT2D eigenvalue weighted by Gasteiger charge is -2.12. The lowest BCUT2D eigenvalue weighted by atomic mass is 10.0. The maximum atomic E-state index is 10.1. The van der Waals surface area contributed by atoms with Gasteiger partial charge in [-0.15, -0.1) is 0 Å². The highest BCUT2D eigenvalue weighted by Crippen LogP contribution is 2.16. The molecule has 0 aliphatic carbocycles. The van der Waals surface area contributed by atoms with Gasteiger partial charge in [-0.3, -0.25) is 0 Å². The fourth-order valence-electron chi connectivity index (χ4n) is 2.02. The van der Waals surface area contributed by atoms with Crippen molar-refractivity contribution in [3.8, 4) is 5.75 Å². The van der Waals surface area contributed by atoms with Crippen molar-refractivity contribution in [3.63, 3.8) is 0 Å². The van der Waals surface area contributed by atoms with Gasteiger partial charge in [0.1, 0.15) is 11.6 Å². The van der Waals surface area contributed by atoms with Gasteiger partial charge in [0.25, 0.3) is 0 Å². The minimum absolute atomic E-state index is 0.479. The third kappa shape index (κ3) is 3.69. The van der Waals surface area contributed by atoms with Gasteiger partial charge >= 0.3 is 0 Å². The van der Waals surface area contributed by atoms with E-state index in [1.54, 1.807) is 13.3 Å². The van der Waals surface area contributed by atoms with Crippen LogP contribution >= 0.6 is 0 Å². The second-order valence-corrected chi connectivity index (χ2v) is 4.46. The molecule has 1 heterocycles. The molecule has 3 N–H and O–H groups in total. The molecule has 1 unspecified atom stereocenters. The van der Waals surface area contributed by atoms with Gasteiger partial charge in [-0.2, -0.15) is 0 Å². The number of aliphatic hydroxyl groups excluding tert-OH is 1. The molecule has 0 fully saturated rings. The highest BCUT2D eigenvalue weighted by Gasteiger charge is 2.10. The quantitative estimate of drug-likeness (QED) is 0.858. The van der Waals surface area contributed by atoms with Crippen LogP contribution in [-0.2, 0) is 12.8 Å². The van der Waals surface area contributed by atoms with E-state index in [2.05, 4.69) is 4.98 Å². The number of hydrogen-bond donors (Lipinski definition) is 2. The predicted octanol–water partition coefficient (Wildman–Crippen LogP) is 1.82. The Kier molecular flexibility index (Phi) is 4.36. The van der Waals surface area contributed by atoms with E-state index >= 15 is 0 Å². The summed E-state index contributed by atoms with van der Waals surface area (Å²) < 4.78 is 5.16. The molecule has 1 aromatic carbocycles. The molecule has 100 valence electrons. The summed E-state index contributed by atoms with van der Waals surface area (Å²) >= 11 is 0. The van der Waals surface area contributed by atoms with Crippen LogP contribution in [-0.4, -0.2) is 23.3 Å². The Balaban J connectivity index is 2.01. The molecular weight excluding hydrogens is 240 g/mol. The van der Waals surface area contributed by atoms with E-state index in [-0.39, 0.29) is 0 Å². The molecule has 0 aliphatic rings. The van der Waals surface area contributed by atoms with Crippen LogP contribution in [0.4, 0.5) is 5.82 Å². The van der Waals surface area contributed by atoms with E-state index in [0.717, 1.165) is 16.9 Å². The zero-order chi connectivity index (χ0) is 13.7. The van der Waals surface area contributed by atoms with Crippen LogP contribution in [0.25, 0.3) is 0 Å². The van der Waals surface area contributed by atoms with Crippen molar-refractivity contribution in [3.05, 3.63) is 53.7 Å². The van der Waals surface area contributed by atoms with E-state index in [1.807, 2.05) is 36.4 Å². The topological polar surface area (TPSA) is 68.4 Å². The van der Waals surface area contributed by atoms with Crippen LogP contribution < -0.4 is 10.5 Å². The van der Waals surface area contributed by atoms with E-state index in [9.17, 15) is 5.11 Å². The van der Waals surface area contributed by atoms with E-state index in [1.165, 1.54) is 0 Å². The molecule has 2 rings (SSSR count). The van der Waals surface area contributed by atoms with Gasteiger partial charge in [-0.25, -0.2) is 4.98 Å². The van der Waals surface area contributed by atoms with Crippen LogP contribution in [0.2, 0.25) is 0 Å². The van der Waals surface area contributed by atoms with Crippen LogP contribution in [0.1, 0.15) is 11.1 Å². The van der Waals surface area contributed by atoms with Crippen molar-refractivity contribution in [2.45, 2.75) is 18.9 Å². The molecule has 0 amide bonds. The van der Waals surface area contributed by atoms with Crippen LogP contribution in [0.3, 0.4) is 0 Å². The number of aliphatic hydroxyl groups is 1. The first kappa shape index (κ1) is 13.4. The Morgan fingerprint density at radius 1 is 1.26 bits per heavy atom. The molecule has 2 aromatic rings. The first-order valence-electron chi connectivity index (χ1n) is 6.19. The predicted molar refractivity (Wildman–Crippen MR) is 75.1 cm³/mol. The zero-order valence-corrected chi connectivity index (χ0v) is 10.9. The van der Waals surface area contributed by atoms with Gasteiger partial charge in [-0.05, 0) is 35.7 Å². The van der Waals surface area contributed by atoms with Crippen LogP contribution in [0.5, 0.6) is 5.75 Å². The summed E-state index contributed by atoms with van der Waals surface area (Å²) in [7, 11) is 1.63. The molecule has 4 heteroatoms. The number of hydrogen-bond acceptors (Lipinski definition) is 4. The highest BCUT2D eigenvalue weighted by molar-refractivity contribution is 5.39. The SMILES string of the molecule is COc1cccc(CC(O)Cc2cccnc2N)c1. The van der Waals surface area contributed by atoms with Crippen molar-refractivity contribution >= 4 is 5.82 Å². The summed E-state index contributed by atoms with van der Waals surface area (Å²) in [5.74, 6) is 1.28. The Morgan fingerprint density at radius 3 is 2.84 bits per heavy atom. The Morgan fingerprint density at radius 2 is 2.11 bits per heavy atom. The fourth-order valence-corrected chi connectivity index (χ4v) is 2.02. The van der Waals surface area contributed by atoms with Crippen LogP contribution in [0, 0.1) is 0 Å². The molecule has 0 spiro atoms. The number of ether oxygens (including phenoxy) is 1. The summed E-state index contributed by atoms with van der Waals surface area (Å²) in [4.78, 5) is 4.01. The molecule has 1 aromatic heterocycles. The third-order valence-electron chi connectivity index (χ3n) is 2.99. The van der Waals surface area contributed by atoms with Crippen molar-refractivity contribution in [1.82, 2.24) is 4.98 Å². The number of aromatic nitrogens is 1. The van der Waals surface area contributed by atoms with Gasteiger partial charge in [0, 0.05) is 12.6 Å². The summed E-state index contributed by atoms with van der Waals surface area (Å²) in [6.07, 6.45) is 2.22. The van der Waals surface area contributed by atoms with Gasteiger partial charge in [0.15, 0.2) is 0 Å². The summed E-state index contributed by atoms with van der Waals surface area (Å²) in [5, 5.41) is 10.1. The number of pyridine rings is 1. The smallest absolute Gasteiger partial charge is 0.126 e. The summed E-state index contributed by atoms with van der Waals surface area (Å²) in [6.45, 7) is 0. The number of rotatable bonds is 5. The minimum atomic E-state index is -0.487. The van der Waals surface area contributed by atoms with Gasteiger partial charge in [0.05, 0.1) is 13.2 Å². The zero-order valence-electron chi connectivity index (χ0n) is 10.9. The largest absolute Gasteiger partial charge is 0.497 e. The number of nitrogens with two attached hydrogens (primary N) is 1. The number of anilines is 1. The highest BCUT2D eigenvalue weighted by atomic mass is 16.5. The lowest BCUT2D eigenvalue weighted by Crippen LogP contribution is -2.15. The average Bonchev–Trinajstić information content (AvgIpc) is 2.41.